The highest BCUT2D eigenvalue weighted by Gasteiger charge is 2.31. The Bertz CT molecular complexity index is 453. The van der Waals surface area contributed by atoms with Crippen LogP contribution in [0.4, 0.5) is 0 Å². The summed E-state index contributed by atoms with van der Waals surface area (Å²) in [5.41, 5.74) is 0.459. The molecule has 2 N–H and O–H groups in total. The predicted octanol–water partition coefficient (Wildman–Crippen LogP) is 2.37. The average Bonchev–Trinajstić information content (AvgIpc) is 2.53. The van der Waals surface area contributed by atoms with E-state index in [0.29, 0.717) is 17.9 Å². The molecule has 0 saturated heterocycles. The SMILES string of the molecule is COc1cccc(C(=O)NCC2(CO)CCCCC2)c1. The number of aliphatic hydroxyl groups excluding tert-OH is 1. The third kappa shape index (κ3) is 3.51. The molecule has 0 bridgehead atoms. The molecule has 4 heteroatoms. The van der Waals surface area contributed by atoms with Gasteiger partial charge in [0, 0.05) is 17.5 Å². The monoisotopic (exact) mass is 277 g/mol. The first-order chi connectivity index (χ1) is 9.69. The smallest absolute Gasteiger partial charge is 0.251 e. The number of carbonyl (C=O) groups is 1. The first-order valence-corrected chi connectivity index (χ1v) is 7.22. The fourth-order valence-corrected chi connectivity index (χ4v) is 2.83. The molecular formula is C16H23NO3. The van der Waals surface area contributed by atoms with Gasteiger partial charge in [0.2, 0.25) is 0 Å². The van der Waals surface area contributed by atoms with E-state index in [-0.39, 0.29) is 17.9 Å². The predicted molar refractivity (Wildman–Crippen MR) is 77.9 cm³/mol. The van der Waals surface area contributed by atoms with Gasteiger partial charge in [-0.05, 0) is 31.0 Å². The lowest BCUT2D eigenvalue weighted by Gasteiger charge is -2.35. The van der Waals surface area contributed by atoms with Crippen LogP contribution >= 0.6 is 0 Å². The number of methoxy groups -OCH3 is 1. The molecule has 0 heterocycles. The Hall–Kier alpha value is -1.55. The van der Waals surface area contributed by atoms with Gasteiger partial charge in [-0.1, -0.05) is 25.3 Å². The van der Waals surface area contributed by atoms with Crippen molar-refractivity contribution in [1.82, 2.24) is 5.32 Å². The Kier molecular flexibility index (Phi) is 5.01. The van der Waals surface area contributed by atoms with Crippen LogP contribution in [0.1, 0.15) is 42.5 Å². The highest BCUT2D eigenvalue weighted by molar-refractivity contribution is 5.94. The number of hydrogen-bond donors (Lipinski definition) is 2. The Labute approximate surface area is 120 Å². The van der Waals surface area contributed by atoms with Crippen molar-refractivity contribution in [2.45, 2.75) is 32.1 Å². The second-order valence-corrected chi connectivity index (χ2v) is 5.63. The van der Waals surface area contributed by atoms with Gasteiger partial charge >= 0.3 is 0 Å². The fraction of sp³-hybridized carbons (Fsp3) is 0.562. The first-order valence-electron chi connectivity index (χ1n) is 7.22. The van der Waals surface area contributed by atoms with Crippen LogP contribution in [0.25, 0.3) is 0 Å². The van der Waals surface area contributed by atoms with E-state index < -0.39 is 0 Å². The Morgan fingerprint density at radius 1 is 1.35 bits per heavy atom. The molecule has 1 aliphatic rings. The summed E-state index contributed by atoms with van der Waals surface area (Å²) in [5, 5.41) is 12.6. The zero-order valence-corrected chi connectivity index (χ0v) is 12.0. The van der Waals surface area contributed by atoms with Gasteiger partial charge in [-0.15, -0.1) is 0 Å². The Morgan fingerprint density at radius 3 is 2.75 bits per heavy atom. The van der Waals surface area contributed by atoms with Crippen LogP contribution in [0, 0.1) is 5.41 Å². The molecule has 0 aliphatic heterocycles. The zero-order chi connectivity index (χ0) is 14.4. The highest BCUT2D eigenvalue weighted by Crippen LogP contribution is 2.35. The minimum atomic E-state index is -0.132. The molecule has 1 aromatic rings. The van der Waals surface area contributed by atoms with Crippen molar-refractivity contribution in [3.05, 3.63) is 29.8 Å². The first kappa shape index (κ1) is 14.9. The summed E-state index contributed by atoms with van der Waals surface area (Å²) in [6.45, 7) is 0.685. The van der Waals surface area contributed by atoms with Gasteiger partial charge in [0.1, 0.15) is 5.75 Å². The third-order valence-electron chi connectivity index (χ3n) is 4.21. The van der Waals surface area contributed by atoms with E-state index in [4.69, 9.17) is 4.74 Å². The molecule has 0 unspecified atom stereocenters. The van der Waals surface area contributed by atoms with Gasteiger partial charge in [0.05, 0.1) is 13.7 Å². The molecule has 0 radical (unpaired) electrons. The van der Waals surface area contributed by atoms with Crippen molar-refractivity contribution < 1.29 is 14.6 Å². The van der Waals surface area contributed by atoms with Gasteiger partial charge in [-0.2, -0.15) is 0 Å². The van der Waals surface area contributed by atoms with E-state index in [1.165, 1.54) is 6.42 Å². The Balaban J connectivity index is 1.96. The maximum absolute atomic E-state index is 12.2. The molecule has 1 aromatic carbocycles. The molecule has 0 aromatic heterocycles. The summed E-state index contributed by atoms with van der Waals surface area (Å²) in [4.78, 5) is 12.2. The molecule has 1 amide bonds. The summed E-state index contributed by atoms with van der Waals surface area (Å²) in [7, 11) is 1.58. The minimum absolute atomic E-state index is 0.109. The standard InChI is InChI=1S/C16H23NO3/c1-20-14-7-5-6-13(10-14)15(19)17-11-16(12-18)8-3-2-4-9-16/h5-7,10,18H,2-4,8-9,11-12H2,1H3,(H,17,19). The summed E-state index contributed by atoms with van der Waals surface area (Å²) in [6.07, 6.45) is 5.47. The van der Waals surface area contributed by atoms with Crippen molar-refractivity contribution in [2.24, 2.45) is 5.41 Å². The topological polar surface area (TPSA) is 58.6 Å². The maximum Gasteiger partial charge on any atom is 0.251 e. The van der Waals surface area contributed by atoms with Crippen LogP contribution < -0.4 is 10.1 Å². The van der Waals surface area contributed by atoms with Crippen molar-refractivity contribution in [3.8, 4) is 5.75 Å². The summed E-state index contributed by atoms with van der Waals surface area (Å²) in [5.74, 6) is 0.564. The number of carbonyl (C=O) groups excluding carboxylic acids is 1. The fourth-order valence-electron chi connectivity index (χ4n) is 2.83. The number of hydrogen-bond acceptors (Lipinski definition) is 3. The number of benzene rings is 1. The van der Waals surface area contributed by atoms with Gasteiger partial charge in [-0.25, -0.2) is 0 Å². The maximum atomic E-state index is 12.2. The van der Waals surface area contributed by atoms with Crippen LogP contribution in [0.2, 0.25) is 0 Å². The van der Waals surface area contributed by atoms with Crippen molar-refractivity contribution in [1.29, 1.82) is 0 Å². The van der Waals surface area contributed by atoms with E-state index in [1.807, 2.05) is 6.07 Å². The van der Waals surface area contributed by atoms with Crippen molar-refractivity contribution in [2.75, 3.05) is 20.3 Å². The highest BCUT2D eigenvalue weighted by atomic mass is 16.5. The number of rotatable bonds is 5. The van der Waals surface area contributed by atoms with Crippen LogP contribution in [-0.4, -0.2) is 31.3 Å². The second-order valence-electron chi connectivity index (χ2n) is 5.63. The molecule has 1 fully saturated rings. The zero-order valence-electron chi connectivity index (χ0n) is 12.0. The lowest BCUT2D eigenvalue weighted by Crippen LogP contribution is -2.41. The van der Waals surface area contributed by atoms with E-state index in [9.17, 15) is 9.90 Å². The van der Waals surface area contributed by atoms with Crippen molar-refractivity contribution in [3.63, 3.8) is 0 Å². The number of ether oxygens (including phenoxy) is 1. The molecule has 20 heavy (non-hydrogen) atoms. The molecule has 1 saturated carbocycles. The van der Waals surface area contributed by atoms with Gasteiger partial charge in [0.15, 0.2) is 0 Å². The number of nitrogens with one attached hydrogen (secondary N) is 1. The summed E-state index contributed by atoms with van der Waals surface area (Å²) in [6, 6.07) is 7.11. The third-order valence-corrected chi connectivity index (χ3v) is 4.21. The lowest BCUT2D eigenvalue weighted by molar-refractivity contribution is 0.0718. The number of amides is 1. The van der Waals surface area contributed by atoms with E-state index in [1.54, 1.807) is 25.3 Å². The van der Waals surface area contributed by atoms with Crippen LogP contribution in [-0.2, 0) is 0 Å². The summed E-state index contributed by atoms with van der Waals surface area (Å²) < 4.78 is 5.12. The van der Waals surface area contributed by atoms with Crippen LogP contribution in [0.15, 0.2) is 24.3 Å². The van der Waals surface area contributed by atoms with E-state index in [0.717, 1.165) is 25.7 Å². The number of aliphatic hydroxyl groups is 1. The van der Waals surface area contributed by atoms with Crippen LogP contribution in [0.5, 0.6) is 5.75 Å². The molecular weight excluding hydrogens is 254 g/mol. The molecule has 0 spiro atoms. The second kappa shape index (κ2) is 6.75. The van der Waals surface area contributed by atoms with Crippen LogP contribution in [0.3, 0.4) is 0 Å². The van der Waals surface area contributed by atoms with E-state index >= 15 is 0 Å². The lowest BCUT2D eigenvalue weighted by atomic mass is 9.74. The molecule has 0 atom stereocenters. The average molecular weight is 277 g/mol. The molecule has 110 valence electrons. The normalized spacial score (nSPS) is 17.5. The molecule has 1 aliphatic carbocycles. The quantitative estimate of drug-likeness (QED) is 0.868. The van der Waals surface area contributed by atoms with E-state index in [2.05, 4.69) is 5.32 Å². The minimum Gasteiger partial charge on any atom is -0.497 e. The van der Waals surface area contributed by atoms with Gasteiger partial charge < -0.3 is 15.2 Å². The summed E-state index contributed by atoms with van der Waals surface area (Å²) >= 11 is 0. The Morgan fingerprint density at radius 2 is 2.10 bits per heavy atom. The van der Waals surface area contributed by atoms with Crippen molar-refractivity contribution >= 4 is 5.91 Å². The van der Waals surface area contributed by atoms with Gasteiger partial charge in [0.25, 0.3) is 5.91 Å². The van der Waals surface area contributed by atoms with Gasteiger partial charge in [-0.3, -0.25) is 4.79 Å². The molecule has 4 nitrogen and oxygen atoms in total. The largest absolute Gasteiger partial charge is 0.497 e. The molecule has 2 rings (SSSR count).